The van der Waals surface area contributed by atoms with Crippen molar-refractivity contribution < 1.29 is 9.59 Å². The van der Waals surface area contributed by atoms with Gasteiger partial charge in [0.1, 0.15) is 12.6 Å². The molecule has 2 amide bonds. The first-order valence-electron chi connectivity index (χ1n) is 12.6. The second-order valence-electron chi connectivity index (χ2n) is 9.59. The lowest BCUT2D eigenvalue weighted by atomic mass is 9.97. The maximum absolute atomic E-state index is 14.2. The molecule has 0 N–H and O–H groups in total. The third-order valence-electron chi connectivity index (χ3n) is 6.95. The fraction of sp³-hybridized carbons (Fsp3) is 0.226. The molecule has 0 spiro atoms. The standard InChI is InChI=1S/C31H30ClN3O2/c1-4-22-14-16-23(17-15-22)31(37)34(21(2)3)20-29(36)35-27-12-6-5-11-26(27)33-18-8-13-28(33)30(35)24-9-7-10-25(32)19-24/h5-19,21,30H,4,20H2,1-3H3. The van der Waals surface area contributed by atoms with Crippen LogP contribution in [0.1, 0.15) is 54.0 Å². The molecule has 3 aromatic carbocycles. The van der Waals surface area contributed by atoms with E-state index in [-0.39, 0.29) is 30.4 Å². The molecule has 4 aromatic rings. The normalized spacial score (nSPS) is 14.3. The molecule has 0 bridgehead atoms. The van der Waals surface area contributed by atoms with E-state index in [1.165, 1.54) is 5.56 Å². The molecule has 1 aromatic heterocycles. The number of carbonyl (C=O) groups excluding carboxylic acids is 2. The second kappa shape index (κ2) is 10.3. The van der Waals surface area contributed by atoms with Crippen molar-refractivity contribution in [1.29, 1.82) is 0 Å². The van der Waals surface area contributed by atoms with Gasteiger partial charge in [0.25, 0.3) is 5.91 Å². The molecule has 37 heavy (non-hydrogen) atoms. The highest BCUT2D eigenvalue weighted by Gasteiger charge is 2.37. The van der Waals surface area contributed by atoms with Gasteiger partial charge in [-0.3, -0.25) is 14.5 Å². The van der Waals surface area contributed by atoms with Gasteiger partial charge in [-0.05, 0) is 79.9 Å². The highest BCUT2D eigenvalue weighted by molar-refractivity contribution is 6.30. The molecule has 0 saturated heterocycles. The Balaban J connectivity index is 1.55. The number of carbonyl (C=O) groups is 2. The summed E-state index contributed by atoms with van der Waals surface area (Å²) in [5.41, 5.74) is 5.34. The minimum atomic E-state index is -0.385. The van der Waals surface area contributed by atoms with Crippen molar-refractivity contribution in [2.45, 2.75) is 39.3 Å². The Bertz CT molecular complexity index is 1440. The Morgan fingerprint density at radius 3 is 2.32 bits per heavy atom. The van der Waals surface area contributed by atoms with Gasteiger partial charge in [0, 0.05) is 22.8 Å². The van der Waals surface area contributed by atoms with Gasteiger partial charge in [-0.25, -0.2) is 0 Å². The number of benzene rings is 3. The quantitative estimate of drug-likeness (QED) is 0.290. The molecule has 0 radical (unpaired) electrons. The van der Waals surface area contributed by atoms with Crippen LogP contribution < -0.4 is 4.90 Å². The van der Waals surface area contributed by atoms with E-state index < -0.39 is 0 Å². The molecule has 188 valence electrons. The predicted octanol–water partition coefficient (Wildman–Crippen LogP) is 6.68. The molecule has 1 unspecified atom stereocenters. The lowest BCUT2D eigenvalue weighted by Crippen LogP contribution is -2.48. The van der Waals surface area contributed by atoms with Gasteiger partial charge in [0.15, 0.2) is 0 Å². The number of rotatable bonds is 6. The predicted molar refractivity (Wildman–Crippen MR) is 149 cm³/mol. The second-order valence-corrected chi connectivity index (χ2v) is 10.0. The van der Waals surface area contributed by atoms with Gasteiger partial charge in [-0.2, -0.15) is 0 Å². The van der Waals surface area contributed by atoms with Gasteiger partial charge < -0.3 is 9.47 Å². The van der Waals surface area contributed by atoms with E-state index in [9.17, 15) is 9.59 Å². The molecule has 0 aliphatic carbocycles. The van der Waals surface area contributed by atoms with E-state index >= 15 is 0 Å². The number of nitrogens with zero attached hydrogens (tertiary/aromatic N) is 3. The molecule has 5 rings (SSSR count). The maximum Gasteiger partial charge on any atom is 0.254 e. The van der Waals surface area contributed by atoms with Crippen molar-refractivity contribution in [3.05, 3.63) is 119 Å². The largest absolute Gasteiger partial charge is 0.327 e. The summed E-state index contributed by atoms with van der Waals surface area (Å²) in [6.45, 7) is 5.92. The first kappa shape index (κ1) is 24.8. The van der Waals surface area contributed by atoms with E-state index in [1.807, 2.05) is 110 Å². The summed E-state index contributed by atoms with van der Waals surface area (Å²) >= 11 is 6.39. The summed E-state index contributed by atoms with van der Waals surface area (Å²) in [6, 6.07) is 26.6. The van der Waals surface area contributed by atoms with Crippen LogP contribution in [0.3, 0.4) is 0 Å². The van der Waals surface area contributed by atoms with Crippen LogP contribution in [0.2, 0.25) is 5.02 Å². The number of hydrogen-bond donors (Lipinski definition) is 0. The summed E-state index contributed by atoms with van der Waals surface area (Å²) in [6.07, 6.45) is 2.92. The van der Waals surface area contributed by atoms with Crippen molar-refractivity contribution in [3.8, 4) is 5.69 Å². The third kappa shape index (κ3) is 4.67. The topological polar surface area (TPSA) is 45.6 Å². The Hall–Kier alpha value is -3.83. The monoisotopic (exact) mass is 511 g/mol. The Kier molecular flexibility index (Phi) is 6.90. The van der Waals surface area contributed by atoms with Crippen LogP contribution in [0.4, 0.5) is 5.69 Å². The van der Waals surface area contributed by atoms with Crippen LogP contribution in [0, 0.1) is 0 Å². The molecular formula is C31H30ClN3O2. The average molecular weight is 512 g/mol. The van der Waals surface area contributed by atoms with Crippen molar-refractivity contribution in [3.63, 3.8) is 0 Å². The molecule has 1 atom stereocenters. The number of aromatic nitrogens is 1. The number of fused-ring (bicyclic) bond motifs is 3. The number of hydrogen-bond acceptors (Lipinski definition) is 2. The lowest BCUT2D eigenvalue weighted by Gasteiger charge is -2.40. The number of anilines is 1. The maximum atomic E-state index is 14.2. The first-order valence-corrected chi connectivity index (χ1v) is 13.0. The van der Waals surface area contributed by atoms with Crippen molar-refractivity contribution >= 4 is 29.1 Å². The Labute approximate surface area is 222 Å². The molecule has 2 heterocycles. The van der Waals surface area contributed by atoms with Crippen molar-refractivity contribution in [2.75, 3.05) is 11.4 Å². The zero-order valence-corrected chi connectivity index (χ0v) is 22.0. The van der Waals surface area contributed by atoms with Crippen LogP contribution in [0.25, 0.3) is 5.69 Å². The average Bonchev–Trinajstić information content (AvgIpc) is 3.40. The number of amides is 2. The Morgan fingerprint density at radius 1 is 0.919 bits per heavy atom. The minimum absolute atomic E-state index is 0.0435. The van der Waals surface area contributed by atoms with Gasteiger partial charge in [0.2, 0.25) is 5.91 Å². The summed E-state index contributed by atoms with van der Waals surface area (Å²) < 4.78 is 2.12. The first-order chi connectivity index (χ1) is 17.9. The zero-order chi connectivity index (χ0) is 26.1. The van der Waals surface area contributed by atoms with Crippen LogP contribution in [-0.4, -0.2) is 33.9 Å². The number of para-hydroxylation sites is 2. The van der Waals surface area contributed by atoms with E-state index in [0.29, 0.717) is 10.6 Å². The summed E-state index contributed by atoms with van der Waals surface area (Å²) in [4.78, 5) is 31.2. The molecule has 1 aliphatic heterocycles. The molecule has 5 nitrogen and oxygen atoms in total. The SMILES string of the molecule is CCc1ccc(C(=O)N(CC(=O)N2c3ccccc3-n3cccc3C2c2cccc(Cl)c2)C(C)C)cc1. The van der Waals surface area contributed by atoms with Crippen LogP contribution >= 0.6 is 11.6 Å². The van der Waals surface area contributed by atoms with Gasteiger partial charge >= 0.3 is 0 Å². The number of halogens is 1. The summed E-state index contributed by atoms with van der Waals surface area (Å²) in [5.74, 6) is -0.309. The summed E-state index contributed by atoms with van der Waals surface area (Å²) in [7, 11) is 0. The molecule has 0 fully saturated rings. The Morgan fingerprint density at radius 2 is 1.65 bits per heavy atom. The van der Waals surface area contributed by atoms with Crippen LogP contribution in [0.15, 0.2) is 91.1 Å². The number of aryl methyl sites for hydroxylation is 1. The van der Waals surface area contributed by atoms with E-state index in [2.05, 4.69) is 11.5 Å². The van der Waals surface area contributed by atoms with Gasteiger partial charge in [-0.1, -0.05) is 54.9 Å². The van der Waals surface area contributed by atoms with E-state index in [1.54, 1.807) is 4.90 Å². The minimum Gasteiger partial charge on any atom is -0.327 e. The molecular weight excluding hydrogens is 482 g/mol. The smallest absolute Gasteiger partial charge is 0.254 e. The highest BCUT2D eigenvalue weighted by Crippen LogP contribution is 2.42. The molecule has 1 aliphatic rings. The molecule has 6 heteroatoms. The van der Waals surface area contributed by atoms with Gasteiger partial charge in [0.05, 0.1) is 17.1 Å². The fourth-order valence-corrected chi connectivity index (χ4v) is 5.21. The lowest BCUT2D eigenvalue weighted by molar-refractivity contribution is -0.120. The zero-order valence-electron chi connectivity index (χ0n) is 21.3. The van der Waals surface area contributed by atoms with Crippen molar-refractivity contribution in [2.24, 2.45) is 0 Å². The molecule has 0 saturated carbocycles. The van der Waals surface area contributed by atoms with Gasteiger partial charge in [-0.15, -0.1) is 0 Å². The van der Waals surface area contributed by atoms with E-state index in [4.69, 9.17) is 11.6 Å². The highest BCUT2D eigenvalue weighted by atomic mass is 35.5. The van der Waals surface area contributed by atoms with E-state index in [0.717, 1.165) is 29.1 Å². The summed E-state index contributed by atoms with van der Waals surface area (Å²) in [5, 5.41) is 0.608. The fourth-order valence-electron chi connectivity index (χ4n) is 5.01. The third-order valence-corrected chi connectivity index (χ3v) is 7.19. The van der Waals surface area contributed by atoms with Crippen LogP contribution in [0.5, 0.6) is 0 Å². The van der Waals surface area contributed by atoms with Crippen LogP contribution in [-0.2, 0) is 11.2 Å². The van der Waals surface area contributed by atoms with Crippen molar-refractivity contribution in [1.82, 2.24) is 9.47 Å².